The van der Waals surface area contributed by atoms with Gasteiger partial charge in [0.15, 0.2) is 5.78 Å². The Labute approximate surface area is 143 Å². The second-order valence-electron chi connectivity index (χ2n) is 7.46. The average molecular weight is 330 g/mol. The molecule has 5 heteroatoms. The number of piperidine rings is 1. The van der Waals surface area contributed by atoms with Crippen LogP contribution in [0.1, 0.15) is 50.9 Å². The van der Waals surface area contributed by atoms with Gasteiger partial charge in [0.1, 0.15) is 0 Å². The second kappa shape index (κ2) is 7.16. The molecule has 1 aromatic rings. The number of likely N-dealkylation sites (tertiary alicyclic amines) is 1. The van der Waals surface area contributed by atoms with Gasteiger partial charge >= 0.3 is 0 Å². The van der Waals surface area contributed by atoms with Crippen molar-refractivity contribution in [3.05, 3.63) is 29.8 Å². The standard InChI is InChI=1S/C19H26N2O3/c1-13(22)14-7-9-16(10-8-14)20-17(23)15-6-5-11-21(12-15)18(24)19(2,3)4/h7-10,15H,5-6,11-12H2,1-4H3,(H,20,23)/t15-/m1/s1. The van der Waals surface area contributed by atoms with Crippen LogP contribution in [0.2, 0.25) is 0 Å². The fourth-order valence-corrected chi connectivity index (χ4v) is 2.88. The van der Waals surface area contributed by atoms with Crippen LogP contribution in [0.15, 0.2) is 24.3 Å². The SMILES string of the molecule is CC(=O)c1ccc(NC(=O)[C@@H]2CCCN(C(=O)C(C)(C)C)C2)cc1. The zero-order valence-corrected chi connectivity index (χ0v) is 14.9. The number of ketones is 1. The molecule has 0 aliphatic carbocycles. The van der Waals surface area contributed by atoms with E-state index in [2.05, 4.69) is 5.32 Å². The molecule has 1 aliphatic heterocycles. The third-order valence-electron chi connectivity index (χ3n) is 4.28. The molecule has 1 aromatic carbocycles. The van der Waals surface area contributed by atoms with Crippen LogP contribution in [-0.2, 0) is 9.59 Å². The lowest BCUT2D eigenvalue weighted by Crippen LogP contribution is -2.47. The van der Waals surface area contributed by atoms with Gasteiger partial charge < -0.3 is 10.2 Å². The third kappa shape index (κ3) is 4.43. The fraction of sp³-hybridized carbons (Fsp3) is 0.526. The van der Waals surface area contributed by atoms with Gasteiger partial charge in [-0.3, -0.25) is 14.4 Å². The summed E-state index contributed by atoms with van der Waals surface area (Å²) in [5, 5.41) is 2.89. The number of benzene rings is 1. The zero-order chi connectivity index (χ0) is 17.9. The molecule has 0 unspecified atom stereocenters. The highest BCUT2D eigenvalue weighted by Crippen LogP contribution is 2.24. The lowest BCUT2D eigenvalue weighted by molar-refractivity contribution is -0.142. The van der Waals surface area contributed by atoms with E-state index < -0.39 is 5.41 Å². The first-order valence-electron chi connectivity index (χ1n) is 8.39. The number of rotatable bonds is 3. The largest absolute Gasteiger partial charge is 0.341 e. The maximum atomic E-state index is 12.5. The van der Waals surface area contributed by atoms with Crippen molar-refractivity contribution in [2.24, 2.45) is 11.3 Å². The van der Waals surface area contributed by atoms with Gasteiger partial charge in [-0.1, -0.05) is 20.8 Å². The van der Waals surface area contributed by atoms with Crippen LogP contribution in [0.3, 0.4) is 0 Å². The molecular formula is C19H26N2O3. The summed E-state index contributed by atoms with van der Waals surface area (Å²) in [6.07, 6.45) is 1.62. The summed E-state index contributed by atoms with van der Waals surface area (Å²) >= 11 is 0. The molecule has 0 spiro atoms. The Hall–Kier alpha value is -2.17. The van der Waals surface area contributed by atoms with Crippen LogP contribution < -0.4 is 5.32 Å². The summed E-state index contributed by atoms with van der Waals surface area (Å²) in [5.74, 6) is -0.183. The number of amides is 2. The smallest absolute Gasteiger partial charge is 0.229 e. The predicted molar refractivity (Wildman–Crippen MR) is 93.8 cm³/mol. The minimum Gasteiger partial charge on any atom is -0.341 e. The summed E-state index contributed by atoms with van der Waals surface area (Å²) in [7, 11) is 0. The van der Waals surface area contributed by atoms with Gasteiger partial charge in [-0.25, -0.2) is 0 Å². The number of nitrogens with one attached hydrogen (secondary N) is 1. The Morgan fingerprint density at radius 3 is 2.29 bits per heavy atom. The van der Waals surface area contributed by atoms with E-state index in [9.17, 15) is 14.4 Å². The van der Waals surface area contributed by atoms with Gasteiger partial charge in [0.05, 0.1) is 5.92 Å². The summed E-state index contributed by atoms with van der Waals surface area (Å²) in [5.41, 5.74) is 0.859. The number of hydrogen-bond acceptors (Lipinski definition) is 3. The molecule has 1 aliphatic rings. The van der Waals surface area contributed by atoms with Gasteiger partial charge in [0, 0.05) is 29.8 Å². The van der Waals surface area contributed by atoms with Crippen LogP contribution in [0.25, 0.3) is 0 Å². The third-order valence-corrected chi connectivity index (χ3v) is 4.28. The van der Waals surface area contributed by atoms with Gasteiger partial charge in [0.25, 0.3) is 0 Å². The molecule has 24 heavy (non-hydrogen) atoms. The lowest BCUT2D eigenvalue weighted by Gasteiger charge is -2.35. The minimum absolute atomic E-state index is 0.00325. The first-order valence-corrected chi connectivity index (χ1v) is 8.39. The lowest BCUT2D eigenvalue weighted by atomic mass is 9.91. The normalized spacial score (nSPS) is 18.2. The summed E-state index contributed by atoms with van der Waals surface area (Å²) in [6, 6.07) is 6.87. The van der Waals surface area contributed by atoms with Gasteiger partial charge in [-0.05, 0) is 44.0 Å². The summed E-state index contributed by atoms with van der Waals surface area (Å²) < 4.78 is 0. The quantitative estimate of drug-likeness (QED) is 0.866. The Morgan fingerprint density at radius 2 is 1.75 bits per heavy atom. The molecule has 5 nitrogen and oxygen atoms in total. The highest BCUT2D eigenvalue weighted by atomic mass is 16.2. The van der Waals surface area contributed by atoms with Crippen molar-refractivity contribution in [3.8, 4) is 0 Å². The molecule has 1 saturated heterocycles. The molecule has 1 atom stereocenters. The van der Waals surface area contributed by atoms with Crippen molar-refractivity contribution in [1.29, 1.82) is 0 Å². The van der Waals surface area contributed by atoms with Crippen molar-refractivity contribution in [2.45, 2.75) is 40.5 Å². The maximum Gasteiger partial charge on any atom is 0.229 e. The highest BCUT2D eigenvalue weighted by Gasteiger charge is 2.33. The Bertz CT molecular complexity index is 629. The van der Waals surface area contributed by atoms with E-state index in [1.807, 2.05) is 20.8 Å². The van der Waals surface area contributed by atoms with E-state index in [1.165, 1.54) is 6.92 Å². The number of Topliss-reactive ketones (excluding diaryl/α,β-unsaturated/α-hetero) is 1. The first kappa shape index (κ1) is 18.2. The van der Waals surface area contributed by atoms with Crippen molar-refractivity contribution >= 4 is 23.3 Å². The minimum atomic E-state index is -0.430. The Kier molecular flexibility index (Phi) is 5.42. The van der Waals surface area contributed by atoms with Crippen LogP contribution in [0.4, 0.5) is 5.69 Å². The van der Waals surface area contributed by atoms with Gasteiger partial charge in [-0.2, -0.15) is 0 Å². The van der Waals surface area contributed by atoms with Crippen molar-refractivity contribution < 1.29 is 14.4 Å². The molecule has 0 radical (unpaired) electrons. The summed E-state index contributed by atoms with van der Waals surface area (Å²) in [6.45, 7) is 8.39. The molecule has 2 rings (SSSR count). The molecule has 1 fully saturated rings. The Balaban J connectivity index is 1.99. The van der Waals surface area contributed by atoms with E-state index in [1.54, 1.807) is 29.2 Å². The maximum absolute atomic E-state index is 12.5. The van der Waals surface area contributed by atoms with Crippen LogP contribution in [0.5, 0.6) is 0 Å². The molecule has 2 amide bonds. The van der Waals surface area contributed by atoms with Crippen LogP contribution in [0, 0.1) is 11.3 Å². The van der Waals surface area contributed by atoms with Crippen LogP contribution in [-0.4, -0.2) is 35.6 Å². The van der Waals surface area contributed by atoms with E-state index >= 15 is 0 Å². The average Bonchev–Trinajstić information content (AvgIpc) is 2.54. The monoisotopic (exact) mass is 330 g/mol. The van der Waals surface area contributed by atoms with E-state index in [-0.39, 0.29) is 23.5 Å². The van der Waals surface area contributed by atoms with Crippen molar-refractivity contribution in [3.63, 3.8) is 0 Å². The van der Waals surface area contributed by atoms with Gasteiger partial charge in [0.2, 0.25) is 11.8 Å². The molecule has 0 saturated carbocycles. The molecular weight excluding hydrogens is 304 g/mol. The van der Waals surface area contributed by atoms with E-state index in [0.717, 1.165) is 12.8 Å². The molecule has 130 valence electrons. The van der Waals surface area contributed by atoms with E-state index in [0.29, 0.717) is 24.3 Å². The number of nitrogens with zero attached hydrogens (tertiary/aromatic N) is 1. The fourth-order valence-electron chi connectivity index (χ4n) is 2.88. The molecule has 0 bridgehead atoms. The number of carbonyl (C=O) groups excluding carboxylic acids is 3. The molecule has 1 N–H and O–H groups in total. The second-order valence-corrected chi connectivity index (χ2v) is 7.46. The highest BCUT2D eigenvalue weighted by molar-refractivity contribution is 5.96. The van der Waals surface area contributed by atoms with Crippen LogP contribution >= 0.6 is 0 Å². The predicted octanol–water partition coefficient (Wildman–Crippen LogP) is 3.11. The number of hydrogen-bond donors (Lipinski definition) is 1. The van der Waals surface area contributed by atoms with Crippen molar-refractivity contribution in [2.75, 3.05) is 18.4 Å². The van der Waals surface area contributed by atoms with E-state index in [4.69, 9.17) is 0 Å². The Morgan fingerprint density at radius 1 is 1.12 bits per heavy atom. The first-order chi connectivity index (χ1) is 11.2. The van der Waals surface area contributed by atoms with Gasteiger partial charge in [-0.15, -0.1) is 0 Å². The topological polar surface area (TPSA) is 66.5 Å². The molecule has 1 heterocycles. The number of anilines is 1. The van der Waals surface area contributed by atoms with Crippen molar-refractivity contribution in [1.82, 2.24) is 4.90 Å². The summed E-state index contributed by atoms with van der Waals surface area (Å²) in [4.78, 5) is 38.0. The zero-order valence-electron chi connectivity index (χ0n) is 14.9. The molecule has 0 aromatic heterocycles. The number of carbonyl (C=O) groups is 3.